The number of para-hydroxylation sites is 1. The normalized spacial score (nSPS) is 10.3. The van der Waals surface area contributed by atoms with E-state index in [1.165, 1.54) is 4.90 Å². The molecule has 0 aliphatic rings. The van der Waals surface area contributed by atoms with E-state index in [4.69, 9.17) is 4.74 Å². The minimum atomic E-state index is -0.424. The fourth-order valence-corrected chi connectivity index (χ4v) is 2.16. The number of H-pyrrole nitrogens is 1. The average molecular weight is 286 g/mol. The first-order chi connectivity index (χ1) is 10.2. The predicted octanol–water partition coefficient (Wildman–Crippen LogP) is 2.36. The lowest BCUT2D eigenvalue weighted by atomic mass is 10.1. The Bertz CT molecular complexity index is 660. The van der Waals surface area contributed by atoms with Gasteiger partial charge in [0.25, 0.3) is 5.91 Å². The van der Waals surface area contributed by atoms with Gasteiger partial charge < -0.3 is 14.6 Å². The number of amides is 1. The fourth-order valence-electron chi connectivity index (χ4n) is 2.16. The number of nitrogens with zero attached hydrogens (tertiary/aromatic N) is 1. The average Bonchev–Trinajstić information content (AvgIpc) is 2.90. The third-order valence-electron chi connectivity index (χ3n) is 3.08. The van der Waals surface area contributed by atoms with Gasteiger partial charge in [0.1, 0.15) is 6.54 Å². The molecule has 0 saturated carbocycles. The van der Waals surface area contributed by atoms with Crippen molar-refractivity contribution < 1.29 is 14.3 Å². The summed E-state index contributed by atoms with van der Waals surface area (Å²) in [6, 6.07) is 7.54. The van der Waals surface area contributed by atoms with E-state index in [1.54, 1.807) is 19.2 Å². The number of nitrogens with one attached hydrogen (secondary N) is 1. The van der Waals surface area contributed by atoms with Crippen LogP contribution >= 0.6 is 0 Å². The van der Waals surface area contributed by atoms with Gasteiger partial charge >= 0.3 is 5.97 Å². The highest BCUT2D eigenvalue weighted by Crippen LogP contribution is 2.19. The molecule has 0 bridgehead atoms. The third kappa shape index (κ3) is 3.31. The van der Waals surface area contributed by atoms with Crippen molar-refractivity contribution in [3.63, 3.8) is 0 Å². The van der Waals surface area contributed by atoms with Gasteiger partial charge in [0, 0.05) is 23.6 Å². The lowest BCUT2D eigenvalue weighted by molar-refractivity contribution is -0.143. The summed E-state index contributed by atoms with van der Waals surface area (Å²) in [5, 5.41) is 0.834. The topological polar surface area (TPSA) is 62.4 Å². The number of benzene rings is 1. The molecule has 2 aromatic rings. The first-order valence-corrected chi connectivity index (χ1v) is 6.79. The highest BCUT2D eigenvalue weighted by atomic mass is 16.5. The second kappa shape index (κ2) is 6.74. The van der Waals surface area contributed by atoms with E-state index in [2.05, 4.69) is 11.6 Å². The largest absolute Gasteiger partial charge is 0.465 e. The summed E-state index contributed by atoms with van der Waals surface area (Å²) in [6.45, 7) is 5.86. The maximum atomic E-state index is 12.6. The second-order valence-electron chi connectivity index (χ2n) is 4.53. The molecule has 1 heterocycles. The summed E-state index contributed by atoms with van der Waals surface area (Å²) >= 11 is 0. The van der Waals surface area contributed by atoms with Crippen LogP contribution in [0.5, 0.6) is 0 Å². The van der Waals surface area contributed by atoms with Crippen LogP contribution in [0.25, 0.3) is 10.9 Å². The van der Waals surface area contributed by atoms with Crippen molar-refractivity contribution in [2.24, 2.45) is 0 Å². The first-order valence-electron chi connectivity index (χ1n) is 6.79. The lowest BCUT2D eigenvalue weighted by Crippen LogP contribution is -2.36. The van der Waals surface area contributed by atoms with Gasteiger partial charge in [-0.25, -0.2) is 0 Å². The Labute approximate surface area is 123 Å². The van der Waals surface area contributed by atoms with Crippen LogP contribution in [0.2, 0.25) is 0 Å². The lowest BCUT2D eigenvalue weighted by Gasteiger charge is -2.19. The van der Waals surface area contributed by atoms with Crippen LogP contribution in [0, 0.1) is 0 Å². The molecule has 1 aromatic carbocycles. The fraction of sp³-hybridized carbons (Fsp3) is 0.250. The van der Waals surface area contributed by atoms with E-state index in [1.807, 2.05) is 24.3 Å². The molecule has 1 aromatic heterocycles. The molecule has 1 N–H and O–H groups in total. The Morgan fingerprint density at radius 2 is 2.14 bits per heavy atom. The number of rotatable bonds is 6. The Balaban J connectivity index is 2.25. The van der Waals surface area contributed by atoms with Gasteiger partial charge in [0.15, 0.2) is 0 Å². The summed E-state index contributed by atoms with van der Waals surface area (Å²) in [5.74, 6) is -0.645. The van der Waals surface area contributed by atoms with Crippen molar-refractivity contribution in [2.45, 2.75) is 6.92 Å². The molecule has 0 aliphatic heterocycles. The number of hydrogen-bond donors (Lipinski definition) is 1. The number of fused-ring (bicyclic) bond motifs is 1. The maximum Gasteiger partial charge on any atom is 0.325 e. The van der Waals surface area contributed by atoms with E-state index < -0.39 is 5.97 Å². The van der Waals surface area contributed by atoms with Crippen LogP contribution in [0.4, 0.5) is 0 Å². The summed E-state index contributed by atoms with van der Waals surface area (Å²) in [6.07, 6.45) is 3.25. The van der Waals surface area contributed by atoms with E-state index in [-0.39, 0.29) is 19.0 Å². The van der Waals surface area contributed by atoms with Gasteiger partial charge in [-0.15, -0.1) is 6.58 Å². The van der Waals surface area contributed by atoms with Crippen LogP contribution in [-0.2, 0) is 9.53 Å². The highest BCUT2D eigenvalue weighted by molar-refractivity contribution is 6.07. The van der Waals surface area contributed by atoms with Crippen LogP contribution in [0.15, 0.2) is 43.1 Å². The van der Waals surface area contributed by atoms with Gasteiger partial charge in [-0.05, 0) is 13.0 Å². The number of aromatic amines is 1. The minimum absolute atomic E-state index is 0.0851. The molecule has 2 rings (SSSR count). The molecule has 0 atom stereocenters. The van der Waals surface area contributed by atoms with Crippen molar-refractivity contribution in [1.82, 2.24) is 9.88 Å². The Hall–Kier alpha value is -2.56. The smallest absolute Gasteiger partial charge is 0.325 e. The molecule has 0 unspecified atom stereocenters. The molecule has 1 amide bonds. The Morgan fingerprint density at radius 1 is 1.38 bits per heavy atom. The molecule has 21 heavy (non-hydrogen) atoms. The molecule has 5 heteroatoms. The van der Waals surface area contributed by atoms with Gasteiger partial charge in [-0.2, -0.15) is 0 Å². The molecule has 0 aliphatic carbocycles. The van der Waals surface area contributed by atoms with Crippen LogP contribution in [-0.4, -0.2) is 41.5 Å². The minimum Gasteiger partial charge on any atom is -0.465 e. The van der Waals surface area contributed by atoms with E-state index in [0.29, 0.717) is 12.2 Å². The number of hydrogen-bond acceptors (Lipinski definition) is 3. The number of ether oxygens (including phenoxy) is 1. The van der Waals surface area contributed by atoms with Crippen LogP contribution in [0.1, 0.15) is 17.3 Å². The van der Waals surface area contributed by atoms with E-state index >= 15 is 0 Å². The molecule has 110 valence electrons. The second-order valence-corrected chi connectivity index (χ2v) is 4.53. The number of aromatic nitrogens is 1. The summed E-state index contributed by atoms with van der Waals surface area (Å²) in [7, 11) is 0. The predicted molar refractivity (Wildman–Crippen MR) is 81.0 cm³/mol. The maximum absolute atomic E-state index is 12.6. The molecular weight excluding hydrogens is 268 g/mol. The van der Waals surface area contributed by atoms with Gasteiger partial charge in [-0.3, -0.25) is 9.59 Å². The van der Waals surface area contributed by atoms with Gasteiger partial charge in [-0.1, -0.05) is 24.3 Å². The quantitative estimate of drug-likeness (QED) is 0.655. The monoisotopic (exact) mass is 286 g/mol. The van der Waals surface area contributed by atoms with Crippen molar-refractivity contribution in [1.29, 1.82) is 0 Å². The first kappa shape index (κ1) is 14.8. The SMILES string of the molecule is C=CCN(CC(=O)OCC)C(=O)c1c[nH]c2ccccc12. The summed E-state index contributed by atoms with van der Waals surface area (Å²) in [4.78, 5) is 28.7. The summed E-state index contributed by atoms with van der Waals surface area (Å²) < 4.78 is 4.90. The molecule has 0 fully saturated rings. The van der Waals surface area contributed by atoms with Crippen LogP contribution in [0.3, 0.4) is 0 Å². The van der Waals surface area contributed by atoms with E-state index in [9.17, 15) is 9.59 Å². The molecule has 0 saturated heterocycles. The van der Waals surface area contributed by atoms with Crippen molar-refractivity contribution in [3.05, 3.63) is 48.7 Å². The Morgan fingerprint density at radius 3 is 2.86 bits per heavy atom. The zero-order chi connectivity index (χ0) is 15.2. The van der Waals surface area contributed by atoms with Crippen LogP contribution < -0.4 is 0 Å². The van der Waals surface area contributed by atoms with E-state index in [0.717, 1.165) is 10.9 Å². The summed E-state index contributed by atoms with van der Waals surface area (Å²) in [5.41, 5.74) is 1.42. The molecule has 5 nitrogen and oxygen atoms in total. The van der Waals surface area contributed by atoms with Crippen molar-refractivity contribution in [3.8, 4) is 0 Å². The molecular formula is C16H18N2O3. The Kier molecular flexibility index (Phi) is 4.77. The highest BCUT2D eigenvalue weighted by Gasteiger charge is 2.21. The zero-order valence-electron chi connectivity index (χ0n) is 12.0. The zero-order valence-corrected chi connectivity index (χ0v) is 12.0. The standard InChI is InChI=1S/C16H18N2O3/c1-3-9-18(11-15(19)21-4-2)16(20)13-10-17-14-8-6-5-7-12(13)14/h3,5-8,10,17H,1,4,9,11H2,2H3. The molecule has 0 radical (unpaired) electrons. The van der Waals surface area contributed by atoms with Gasteiger partial charge in [0.2, 0.25) is 0 Å². The number of carbonyl (C=O) groups excluding carboxylic acids is 2. The van der Waals surface area contributed by atoms with Crippen molar-refractivity contribution >= 4 is 22.8 Å². The number of carbonyl (C=O) groups is 2. The third-order valence-corrected chi connectivity index (χ3v) is 3.08. The number of esters is 1. The van der Waals surface area contributed by atoms with Crippen molar-refractivity contribution in [2.75, 3.05) is 19.7 Å². The van der Waals surface area contributed by atoms with Gasteiger partial charge in [0.05, 0.1) is 12.2 Å². The molecule has 0 spiro atoms.